The summed E-state index contributed by atoms with van der Waals surface area (Å²) in [7, 11) is -4.08. The zero-order chi connectivity index (χ0) is 30.7. The number of nitrogens with zero attached hydrogens (tertiary/aromatic N) is 2. The average Bonchev–Trinajstić information content (AvgIpc) is 3.25. The zero-order valence-corrected chi connectivity index (χ0v) is 25.0. The second-order valence-corrected chi connectivity index (χ2v) is 12.7. The fraction of sp³-hybridized carbons (Fsp3) is 0.519. The van der Waals surface area contributed by atoms with E-state index in [1.54, 1.807) is 21.9 Å². The number of rotatable bonds is 8. The van der Waals surface area contributed by atoms with E-state index in [2.05, 4.69) is 10.0 Å². The van der Waals surface area contributed by atoms with E-state index in [9.17, 15) is 18.0 Å². The molecule has 0 spiro atoms. The minimum Gasteiger partial charge on any atom is -0.370 e. The SMILES string of the molecule is N=C(N)N1CCCC(CNC(=O)[C@@H](CC(=O)N2CCCCCC2)NS(=O)(=O)c2ccc3ccccc3c2)C1.O=S(O)O. The Balaban J connectivity index is 0.00000114. The Morgan fingerprint density at radius 1 is 1.00 bits per heavy atom. The molecule has 7 N–H and O–H groups in total. The number of nitrogens with one attached hydrogen (secondary N) is 3. The van der Waals surface area contributed by atoms with E-state index < -0.39 is 33.3 Å². The number of carbonyl (C=O) groups excluding carboxylic acids is 2. The Morgan fingerprint density at radius 3 is 2.26 bits per heavy atom. The maximum absolute atomic E-state index is 13.4. The molecule has 13 nitrogen and oxygen atoms in total. The molecule has 42 heavy (non-hydrogen) atoms. The molecule has 2 amide bonds. The molecule has 0 bridgehead atoms. The molecule has 2 atom stereocenters. The van der Waals surface area contributed by atoms with Gasteiger partial charge in [0.1, 0.15) is 6.04 Å². The van der Waals surface area contributed by atoms with Crippen molar-refractivity contribution in [1.82, 2.24) is 19.8 Å². The number of fused-ring (bicyclic) bond motifs is 1. The lowest BCUT2D eigenvalue weighted by Gasteiger charge is -2.33. The van der Waals surface area contributed by atoms with Gasteiger partial charge in [-0.3, -0.25) is 24.1 Å². The normalized spacial score (nSPS) is 18.5. The van der Waals surface area contributed by atoms with Crippen molar-refractivity contribution in [3.05, 3.63) is 42.5 Å². The van der Waals surface area contributed by atoms with E-state index in [0.29, 0.717) is 32.7 Å². The highest BCUT2D eigenvalue weighted by Crippen LogP contribution is 2.20. The third kappa shape index (κ3) is 10.3. The van der Waals surface area contributed by atoms with Gasteiger partial charge in [-0.2, -0.15) is 8.93 Å². The van der Waals surface area contributed by atoms with E-state index in [1.165, 1.54) is 6.07 Å². The summed E-state index contributed by atoms with van der Waals surface area (Å²) in [6.45, 7) is 2.81. The number of hydrogen-bond acceptors (Lipinski definition) is 6. The molecule has 0 saturated carbocycles. The number of carbonyl (C=O) groups is 2. The topological polar surface area (TPSA) is 206 Å². The van der Waals surface area contributed by atoms with E-state index in [0.717, 1.165) is 49.3 Å². The minimum absolute atomic E-state index is 0.00472. The monoisotopic (exact) mass is 624 g/mol. The summed E-state index contributed by atoms with van der Waals surface area (Å²) in [6.07, 6.45) is 5.39. The van der Waals surface area contributed by atoms with Gasteiger partial charge in [0, 0.05) is 32.7 Å². The Morgan fingerprint density at radius 2 is 1.62 bits per heavy atom. The van der Waals surface area contributed by atoms with Gasteiger partial charge >= 0.3 is 0 Å². The van der Waals surface area contributed by atoms with Gasteiger partial charge in [-0.05, 0) is 54.5 Å². The van der Waals surface area contributed by atoms with E-state index in [4.69, 9.17) is 24.5 Å². The van der Waals surface area contributed by atoms with Crippen LogP contribution in [-0.4, -0.2) is 88.1 Å². The predicted molar refractivity (Wildman–Crippen MR) is 160 cm³/mol. The van der Waals surface area contributed by atoms with Gasteiger partial charge in [0.25, 0.3) is 11.4 Å². The van der Waals surface area contributed by atoms with Gasteiger partial charge in [-0.1, -0.05) is 43.2 Å². The van der Waals surface area contributed by atoms with Crippen LogP contribution >= 0.6 is 0 Å². The number of amides is 2. The van der Waals surface area contributed by atoms with Crippen LogP contribution in [0.1, 0.15) is 44.9 Å². The van der Waals surface area contributed by atoms with Crippen LogP contribution in [0.15, 0.2) is 47.4 Å². The van der Waals surface area contributed by atoms with Crippen LogP contribution in [0.2, 0.25) is 0 Å². The first-order valence-electron chi connectivity index (χ1n) is 13.9. The lowest BCUT2D eigenvalue weighted by Crippen LogP contribution is -2.51. The van der Waals surface area contributed by atoms with Crippen LogP contribution in [0.3, 0.4) is 0 Å². The summed E-state index contributed by atoms with van der Waals surface area (Å²) >= 11 is -2.61. The smallest absolute Gasteiger partial charge is 0.299 e. The molecule has 15 heteroatoms. The second-order valence-electron chi connectivity index (χ2n) is 10.5. The molecule has 0 aliphatic carbocycles. The first kappa shape index (κ1) is 33.4. The molecule has 0 radical (unpaired) electrons. The standard InChI is InChI=1S/C27H38N6O4S.H2O3S/c28-27(29)33-15-7-8-20(19-33)18-30-26(35)24(17-25(34)32-13-5-1-2-6-14-32)31-38(36,37)23-12-11-21-9-3-4-10-22(21)16-23;1-4(2)3/h3-4,9-12,16,20,24,31H,1-2,5-8,13-15,17-19H2,(H3,28,29)(H,30,35);(H2,1,2,3)/t20?,24-;/m1./s1. The number of piperidine rings is 1. The maximum Gasteiger partial charge on any atom is 0.299 e. The molecule has 2 fully saturated rings. The molecule has 2 heterocycles. The Kier molecular flexibility index (Phi) is 12.7. The number of sulfonamides is 1. The van der Waals surface area contributed by atoms with Crippen LogP contribution in [0, 0.1) is 11.3 Å². The zero-order valence-electron chi connectivity index (χ0n) is 23.4. The van der Waals surface area contributed by atoms with Crippen LogP contribution in [0.25, 0.3) is 10.8 Å². The first-order chi connectivity index (χ1) is 20.0. The Bertz CT molecular complexity index is 1360. The van der Waals surface area contributed by atoms with Crippen LogP contribution < -0.4 is 15.8 Å². The van der Waals surface area contributed by atoms with Crippen molar-refractivity contribution in [2.24, 2.45) is 11.7 Å². The van der Waals surface area contributed by atoms with Crippen LogP contribution in [0.4, 0.5) is 0 Å². The largest absolute Gasteiger partial charge is 0.370 e. The molecule has 2 aromatic rings. The fourth-order valence-electron chi connectivity index (χ4n) is 5.22. The van der Waals surface area contributed by atoms with Gasteiger partial charge in [0.05, 0.1) is 11.3 Å². The Hall–Kier alpha value is -3.11. The second kappa shape index (κ2) is 15.9. The summed E-state index contributed by atoms with van der Waals surface area (Å²) in [6, 6.07) is 11.0. The number of hydrogen-bond donors (Lipinski definition) is 6. The van der Waals surface area contributed by atoms with Gasteiger partial charge in [-0.25, -0.2) is 8.42 Å². The summed E-state index contributed by atoms with van der Waals surface area (Å²) in [4.78, 5) is 30.0. The molecule has 0 aromatic heterocycles. The van der Waals surface area contributed by atoms with Crippen molar-refractivity contribution >= 4 is 49.9 Å². The van der Waals surface area contributed by atoms with Gasteiger partial charge in [0.2, 0.25) is 21.8 Å². The summed E-state index contributed by atoms with van der Waals surface area (Å²) in [5, 5.41) is 12.2. The molecule has 2 aromatic carbocycles. The first-order valence-corrected chi connectivity index (χ1v) is 16.5. The number of nitrogens with two attached hydrogens (primary N) is 1. The predicted octanol–water partition coefficient (Wildman–Crippen LogP) is 1.68. The van der Waals surface area contributed by atoms with Crippen LogP contribution in [0.5, 0.6) is 0 Å². The summed E-state index contributed by atoms with van der Waals surface area (Å²) in [5.41, 5.74) is 5.63. The van der Waals surface area contributed by atoms with Gasteiger partial charge in [-0.15, -0.1) is 0 Å². The van der Waals surface area contributed by atoms with Crippen molar-refractivity contribution in [3.8, 4) is 0 Å². The molecule has 4 rings (SSSR count). The molecule has 2 aliphatic rings. The highest BCUT2D eigenvalue weighted by atomic mass is 32.2. The number of likely N-dealkylation sites (tertiary alicyclic amines) is 2. The van der Waals surface area contributed by atoms with Crippen molar-refractivity contribution in [3.63, 3.8) is 0 Å². The molecule has 2 aliphatic heterocycles. The summed E-state index contributed by atoms with van der Waals surface area (Å²) in [5.74, 6) is -0.674. The fourth-order valence-corrected chi connectivity index (χ4v) is 6.45. The molecule has 2 saturated heterocycles. The van der Waals surface area contributed by atoms with Crippen molar-refractivity contribution in [2.45, 2.75) is 55.9 Å². The third-order valence-electron chi connectivity index (χ3n) is 7.41. The van der Waals surface area contributed by atoms with Gasteiger partial charge < -0.3 is 20.9 Å². The molecular weight excluding hydrogens is 584 g/mol. The van der Waals surface area contributed by atoms with Crippen molar-refractivity contribution in [2.75, 3.05) is 32.7 Å². The van der Waals surface area contributed by atoms with Crippen molar-refractivity contribution < 1.29 is 31.3 Å². The van der Waals surface area contributed by atoms with Gasteiger partial charge in [0.15, 0.2) is 5.96 Å². The lowest BCUT2D eigenvalue weighted by molar-refractivity contribution is -0.134. The highest BCUT2D eigenvalue weighted by molar-refractivity contribution is 7.89. The van der Waals surface area contributed by atoms with Crippen molar-refractivity contribution in [1.29, 1.82) is 5.41 Å². The quantitative estimate of drug-likeness (QED) is 0.143. The Labute approximate surface area is 248 Å². The minimum atomic E-state index is -4.08. The maximum atomic E-state index is 13.4. The molecular formula is C27H40N6O7S2. The lowest BCUT2D eigenvalue weighted by atomic mass is 9.98. The number of benzene rings is 2. The van der Waals surface area contributed by atoms with E-state index in [-0.39, 0.29) is 29.1 Å². The molecule has 1 unspecified atom stereocenters. The van der Waals surface area contributed by atoms with E-state index >= 15 is 0 Å². The summed E-state index contributed by atoms with van der Waals surface area (Å²) < 4.78 is 52.1. The molecule has 232 valence electrons. The van der Waals surface area contributed by atoms with E-state index in [1.807, 2.05) is 24.3 Å². The van der Waals surface area contributed by atoms with Crippen LogP contribution in [-0.2, 0) is 31.0 Å². The number of guanidine groups is 1. The highest BCUT2D eigenvalue weighted by Gasteiger charge is 2.31. The average molecular weight is 625 g/mol. The third-order valence-corrected chi connectivity index (χ3v) is 8.88.